The third-order valence-electron chi connectivity index (χ3n) is 5.46. The highest BCUT2D eigenvalue weighted by molar-refractivity contribution is 5.85. The number of hydrogen-bond donors (Lipinski definition) is 1. The molecule has 3 atom stereocenters. The van der Waals surface area contributed by atoms with E-state index in [0.29, 0.717) is 30.7 Å². The van der Waals surface area contributed by atoms with Gasteiger partial charge in [-0.25, -0.2) is 4.98 Å². The molecular formula is C19H26Cl2N6O. The van der Waals surface area contributed by atoms with Crippen molar-refractivity contribution in [2.75, 3.05) is 25.0 Å². The Kier molecular flexibility index (Phi) is 9.48. The van der Waals surface area contributed by atoms with Crippen molar-refractivity contribution in [3.63, 3.8) is 0 Å². The number of rotatable bonds is 5. The van der Waals surface area contributed by atoms with Gasteiger partial charge in [-0.3, -0.25) is 4.79 Å². The lowest BCUT2D eigenvalue weighted by molar-refractivity contribution is -0.130. The Hall–Kier alpha value is -2.06. The summed E-state index contributed by atoms with van der Waals surface area (Å²) in [6, 6.07) is 8.36. The molecule has 0 aromatic carbocycles. The molecule has 1 aromatic heterocycles. The maximum atomic E-state index is 12.3. The van der Waals surface area contributed by atoms with Crippen LogP contribution in [0, 0.1) is 22.7 Å². The Balaban J connectivity index is 0.00000196. The molecule has 0 spiro atoms. The number of halogens is 2. The molecule has 1 aliphatic carbocycles. The average Bonchev–Trinajstić information content (AvgIpc) is 3.34. The van der Waals surface area contributed by atoms with Gasteiger partial charge in [0.15, 0.2) is 0 Å². The first-order chi connectivity index (χ1) is 12.6. The van der Waals surface area contributed by atoms with Gasteiger partial charge in [0.1, 0.15) is 17.9 Å². The van der Waals surface area contributed by atoms with Gasteiger partial charge in [-0.2, -0.15) is 10.5 Å². The van der Waals surface area contributed by atoms with E-state index >= 15 is 0 Å². The van der Waals surface area contributed by atoms with Gasteiger partial charge >= 0.3 is 0 Å². The van der Waals surface area contributed by atoms with Crippen LogP contribution in [0.2, 0.25) is 0 Å². The van der Waals surface area contributed by atoms with Crippen LogP contribution in [0.25, 0.3) is 0 Å². The van der Waals surface area contributed by atoms with Crippen LogP contribution < -0.4 is 10.2 Å². The molecule has 1 saturated heterocycles. The number of nitriles is 2. The second-order valence-electron chi connectivity index (χ2n) is 7.05. The number of anilines is 1. The first-order valence-electron chi connectivity index (χ1n) is 9.14. The van der Waals surface area contributed by atoms with Gasteiger partial charge in [0.25, 0.3) is 0 Å². The zero-order valence-electron chi connectivity index (χ0n) is 15.9. The van der Waals surface area contributed by atoms with Crippen LogP contribution >= 0.6 is 24.8 Å². The van der Waals surface area contributed by atoms with Crippen molar-refractivity contribution in [1.29, 1.82) is 10.5 Å². The van der Waals surface area contributed by atoms with Gasteiger partial charge in [-0.15, -0.1) is 24.8 Å². The molecule has 1 aliphatic heterocycles. The zero-order valence-corrected chi connectivity index (χ0v) is 17.5. The van der Waals surface area contributed by atoms with Crippen molar-refractivity contribution in [1.82, 2.24) is 15.2 Å². The zero-order chi connectivity index (χ0) is 18.5. The molecule has 9 heteroatoms. The predicted octanol–water partition coefficient (Wildman–Crippen LogP) is 2.26. The minimum Gasteiger partial charge on any atom is -0.357 e. The summed E-state index contributed by atoms with van der Waals surface area (Å²) in [6.45, 7) is 0.994. The summed E-state index contributed by atoms with van der Waals surface area (Å²) in [7, 11) is 2.02. The van der Waals surface area contributed by atoms with Crippen molar-refractivity contribution in [2.24, 2.45) is 0 Å². The van der Waals surface area contributed by atoms with E-state index in [1.165, 1.54) is 0 Å². The van der Waals surface area contributed by atoms with Crippen molar-refractivity contribution >= 4 is 36.5 Å². The Morgan fingerprint density at radius 2 is 2.11 bits per heavy atom. The van der Waals surface area contributed by atoms with Crippen LogP contribution in [0.1, 0.15) is 37.7 Å². The fraction of sp³-hybridized carbons (Fsp3) is 0.579. The minimum atomic E-state index is -0.255. The van der Waals surface area contributed by atoms with Gasteiger partial charge in [0.2, 0.25) is 5.91 Å². The van der Waals surface area contributed by atoms with Gasteiger partial charge in [0, 0.05) is 31.9 Å². The van der Waals surface area contributed by atoms with Crippen LogP contribution in [0.5, 0.6) is 0 Å². The number of amides is 1. The number of nitrogens with zero attached hydrogens (tertiary/aromatic N) is 5. The third kappa shape index (κ3) is 5.48. The van der Waals surface area contributed by atoms with E-state index in [-0.39, 0.29) is 36.8 Å². The lowest BCUT2D eigenvalue weighted by Gasteiger charge is -2.26. The average molecular weight is 425 g/mol. The smallest absolute Gasteiger partial charge is 0.237 e. The number of nitrogens with one attached hydrogen (secondary N) is 1. The van der Waals surface area contributed by atoms with Crippen molar-refractivity contribution in [3.05, 3.63) is 23.9 Å². The Bertz CT molecular complexity index is 729. The molecule has 1 saturated carbocycles. The fourth-order valence-electron chi connectivity index (χ4n) is 3.88. The molecule has 0 bridgehead atoms. The van der Waals surface area contributed by atoms with Crippen molar-refractivity contribution < 1.29 is 4.79 Å². The van der Waals surface area contributed by atoms with Crippen LogP contribution in [0.15, 0.2) is 18.3 Å². The largest absolute Gasteiger partial charge is 0.357 e. The van der Waals surface area contributed by atoms with Crippen LogP contribution in [0.3, 0.4) is 0 Å². The van der Waals surface area contributed by atoms with E-state index in [2.05, 4.69) is 27.3 Å². The molecule has 2 aliphatic rings. The van der Waals surface area contributed by atoms with Gasteiger partial charge in [0.05, 0.1) is 18.2 Å². The summed E-state index contributed by atoms with van der Waals surface area (Å²) in [5, 5.41) is 21.3. The molecule has 3 rings (SSSR count). The highest BCUT2D eigenvalue weighted by Crippen LogP contribution is 2.26. The fourth-order valence-corrected chi connectivity index (χ4v) is 3.88. The number of carbonyl (C=O) groups excluding carboxylic acids is 1. The van der Waals surface area contributed by atoms with E-state index in [1.54, 1.807) is 17.2 Å². The topological polar surface area (TPSA) is 96.1 Å². The molecule has 1 amide bonds. The number of carbonyl (C=O) groups is 1. The summed E-state index contributed by atoms with van der Waals surface area (Å²) >= 11 is 0. The molecule has 152 valence electrons. The summed E-state index contributed by atoms with van der Waals surface area (Å²) in [4.78, 5) is 20.5. The SMILES string of the molecule is CN(c1ccc(C#N)cn1)[C@@H]1CC[C@H](NCC(=O)N2CCC[C@H]2C#N)C1.Cl.Cl. The third-order valence-corrected chi connectivity index (χ3v) is 5.46. The minimum absolute atomic E-state index is 0. The molecule has 0 radical (unpaired) electrons. The molecule has 1 N–H and O–H groups in total. The summed E-state index contributed by atoms with van der Waals surface area (Å²) in [6.07, 6.45) is 6.30. The highest BCUT2D eigenvalue weighted by Gasteiger charge is 2.31. The maximum absolute atomic E-state index is 12.3. The molecule has 28 heavy (non-hydrogen) atoms. The van der Waals surface area contributed by atoms with E-state index < -0.39 is 0 Å². The van der Waals surface area contributed by atoms with Crippen molar-refractivity contribution in [2.45, 2.75) is 50.2 Å². The highest BCUT2D eigenvalue weighted by atomic mass is 35.5. The number of likely N-dealkylation sites (tertiary alicyclic amines) is 1. The first kappa shape index (κ1) is 24.0. The van der Waals surface area contributed by atoms with Gasteiger partial charge in [-0.1, -0.05) is 0 Å². The Morgan fingerprint density at radius 3 is 2.75 bits per heavy atom. The first-order valence-corrected chi connectivity index (χ1v) is 9.14. The molecule has 1 aromatic rings. The number of hydrogen-bond acceptors (Lipinski definition) is 6. The number of pyridine rings is 1. The second-order valence-corrected chi connectivity index (χ2v) is 7.05. The molecule has 2 heterocycles. The second kappa shape index (κ2) is 11.1. The van der Waals surface area contributed by atoms with E-state index in [1.807, 2.05) is 13.1 Å². The molecule has 0 unspecified atom stereocenters. The van der Waals surface area contributed by atoms with Crippen LogP contribution in [-0.4, -0.2) is 54.1 Å². The predicted molar refractivity (Wildman–Crippen MR) is 112 cm³/mol. The Labute approximate surface area is 178 Å². The van der Waals surface area contributed by atoms with E-state index in [9.17, 15) is 4.79 Å². The van der Waals surface area contributed by atoms with Crippen LogP contribution in [0.4, 0.5) is 5.82 Å². The van der Waals surface area contributed by atoms with Crippen molar-refractivity contribution in [3.8, 4) is 12.1 Å². The summed E-state index contributed by atoms with van der Waals surface area (Å²) < 4.78 is 0. The van der Waals surface area contributed by atoms with Gasteiger partial charge in [-0.05, 0) is 44.2 Å². The standard InChI is InChI=1S/C19H24N6O.2ClH/c1-24(18-7-4-14(10-20)12-23-18)16-6-5-15(9-16)22-13-19(26)25-8-2-3-17(25)11-21;;/h4,7,12,15-17,22H,2-3,5-6,8-9,13H2,1H3;2*1H/t15-,16+,17-;;/m0../s1. The van der Waals surface area contributed by atoms with Crippen LogP contribution in [-0.2, 0) is 4.79 Å². The molecular weight excluding hydrogens is 399 g/mol. The Morgan fingerprint density at radius 1 is 1.32 bits per heavy atom. The van der Waals surface area contributed by atoms with E-state index in [0.717, 1.165) is 37.9 Å². The normalized spacial score (nSPS) is 23.1. The lowest BCUT2D eigenvalue weighted by atomic mass is 10.2. The van der Waals surface area contributed by atoms with Gasteiger partial charge < -0.3 is 15.1 Å². The summed E-state index contributed by atoms with van der Waals surface area (Å²) in [5.41, 5.74) is 0.559. The summed E-state index contributed by atoms with van der Waals surface area (Å²) in [5.74, 6) is 0.888. The molecule has 2 fully saturated rings. The maximum Gasteiger partial charge on any atom is 0.237 e. The monoisotopic (exact) mass is 424 g/mol. The quantitative estimate of drug-likeness (QED) is 0.778. The number of aromatic nitrogens is 1. The molecule has 7 nitrogen and oxygen atoms in total. The van der Waals surface area contributed by atoms with E-state index in [4.69, 9.17) is 10.5 Å². The lowest BCUT2D eigenvalue weighted by Crippen LogP contribution is -2.43.